The SMILES string of the molecule is CC(=O)Nc1c(O)cccc1[As](=O)(O)O.O=P/C(=C\CCO)C(=O)O. The molecule has 25 heavy (non-hydrogen) atoms. The number of benzene rings is 1. The molecule has 0 heterocycles. The molecular weight excluding hydrogens is 420 g/mol. The third kappa shape index (κ3) is 8.62. The zero-order valence-electron chi connectivity index (χ0n) is 13.0. The Labute approximate surface area is 147 Å². The molecule has 6 N–H and O–H groups in total. The summed E-state index contributed by atoms with van der Waals surface area (Å²) in [5.41, 5.74) is -0.225. The van der Waals surface area contributed by atoms with Gasteiger partial charge in [0.05, 0.1) is 0 Å². The fourth-order valence-electron chi connectivity index (χ4n) is 1.44. The first kappa shape index (κ1) is 23.0. The van der Waals surface area contributed by atoms with Gasteiger partial charge < -0.3 is 10.2 Å². The number of hydrogen-bond acceptors (Lipinski definition) is 6. The smallest absolute Gasteiger partial charge is 0.343 e. The Balaban J connectivity index is 0.000000504. The van der Waals surface area contributed by atoms with Crippen molar-refractivity contribution in [2.45, 2.75) is 13.3 Å². The van der Waals surface area contributed by atoms with Crippen LogP contribution in [-0.4, -0.2) is 56.2 Å². The van der Waals surface area contributed by atoms with Crippen LogP contribution in [-0.2, 0) is 17.9 Å². The Morgan fingerprint density at radius 3 is 2.32 bits per heavy atom. The summed E-state index contributed by atoms with van der Waals surface area (Å²) >= 11 is -5.14. The molecule has 1 amide bonds. The van der Waals surface area contributed by atoms with Crippen LogP contribution in [0, 0.1) is 0 Å². The maximum Gasteiger partial charge on any atom is 0.343 e. The monoisotopic (exact) mass is 437 g/mol. The summed E-state index contributed by atoms with van der Waals surface area (Å²) in [6.45, 7) is 1.05. The molecule has 0 spiro atoms. The van der Waals surface area contributed by atoms with Crippen LogP contribution < -0.4 is 9.67 Å². The zero-order valence-corrected chi connectivity index (χ0v) is 15.8. The number of aliphatic carboxylic acids is 1. The largest absolute Gasteiger partial charge is 0.477 e. The van der Waals surface area contributed by atoms with E-state index in [-0.39, 0.29) is 34.1 Å². The minimum Gasteiger partial charge on any atom is -0.477 e. The van der Waals surface area contributed by atoms with Crippen molar-refractivity contribution in [3.05, 3.63) is 29.6 Å². The average Bonchev–Trinajstić information content (AvgIpc) is 2.49. The predicted molar refractivity (Wildman–Crippen MR) is 88.0 cm³/mol. The molecular formula is C13H17AsNO9P. The second kappa shape index (κ2) is 10.8. The molecule has 0 aliphatic heterocycles. The van der Waals surface area contributed by atoms with Crippen molar-refractivity contribution >= 4 is 44.5 Å². The summed E-state index contributed by atoms with van der Waals surface area (Å²) in [5.74, 6) is -2.10. The summed E-state index contributed by atoms with van der Waals surface area (Å²) in [5, 5.41) is 27.8. The maximum atomic E-state index is 11.1. The van der Waals surface area contributed by atoms with E-state index in [0.29, 0.717) is 0 Å². The zero-order chi connectivity index (χ0) is 19.6. The van der Waals surface area contributed by atoms with Crippen LogP contribution in [0.3, 0.4) is 0 Å². The molecule has 0 unspecified atom stereocenters. The van der Waals surface area contributed by atoms with Crippen molar-refractivity contribution in [1.82, 2.24) is 0 Å². The van der Waals surface area contributed by atoms with E-state index >= 15 is 0 Å². The average molecular weight is 437 g/mol. The van der Waals surface area contributed by atoms with E-state index in [0.717, 1.165) is 0 Å². The van der Waals surface area contributed by atoms with Crippen LogP contribution in [0.25, 0.3) is 0 Å². The number of aliphatic hydroxyl groups excluding tert-OH is 1. The van der Waals surface area contributed by atoms with Gasteiger partial charge in [0.25, 0.3) is 0 Å². The first-order chi connectivity index (χ1) is 11.5. The number of carbonyl (C=O) groups is 2. The van der Waals surface area contributed by atoms with E-state index in [1.807, 2.05) is 0 Å². The van der Waals surface area contributed by atoms with E-state index < -0.39 is 34.5 Å². The maximum absolute atomic E-state index is 11.1. The fourth-order valence-corrected chi connectivity index (χ4v) is 3.28. The van der Waals surface area contributed by atoms with Gasteiger partial charge in [0, 0.05) is 6.61 Å². The molecule has 1 rings (SSSR count). The number of rotatable bonds is 6. The van der Waals surface area contributed by atoms with Gasteiger partial charge in [-0.3, -0.25) is 4.57 Å². The first-order valence-electron chi connectivity index (χ1n) is 6.57. The molecule has 0 saturated heterocycles. The number of phenols is 1. The van der Waals surface area contributed by atoms with Gasteiger partial charge in [0.1, 0.15) is 5.31 Å². The number of para-hydroxylation sites is 1. The molecule has 0 bridgehead atoms. The van der Waals surface area contributed by atoms with Gasteiger partial charge in [-0.1, -0.05) is 6.08 Å². The molecule has 0 atom stereocenters. The van der Waals surface area contributed by atoms with Gasteiger partial charge in [-0.2, -0.15) is 0 Å². The normalized spacial score (nSPS) is 11.4. The quantitative estimate of drug-likeness (QED) is 0.149. The Kier molecular flexibility index (Phi) is 9.96. The van der Waals surface area contributed by atoms with Crippen molar-refractivity contribution in [1.29, 1.82) is 0 Å². The summed E-state index contributed by atoms with van der Waals surface area (Å²) in [4.78, 5) is 20.9. The third-order valence-electron chi connectivity index (χ3n) is 2.42. The summed E-state index contributed by atoms with van der Waals surface area (Å²) in [7, 11) is -0.521. The van der Waals surface area contributed by atoms with Crippen LogP contribution in [0.1, 0.15) is 13.3 Å². The number of carbonyl (C=O) groups excluding carboxylic acids is 1. The molecule has 1 aromatic carbocycles. The van der Waals surface area contributed by atoms with Crippen molar-refractivity contribution in [3.8, 4) is 5.75 Å². The Morgan fingerprint density at radius 1 is 1.32 bits per heavy atom. The number of aliphatic hydroxyl groups is 1. The van der Waals surface area contributed by atoms with E-state index in [2.05, 4.69) is 5.32 Å². The third-order valence-corrected chi connectivity index (χ3v) is 5.09. The molecule has 10 nitrogen and oxygen atoms in total. The second-order valence-electron chi connectivity index (χ2n) is 4.39. The topological polar surface area (TPSA) is 181 Å². The second-order valence-corrected chi connectivity index (χ2v) is 8.35. The van der Waals surface area contributed by atoms with Gasteiger partial charge in [-0.05, 0) is 6.42 Å². The molecule has 0 aliphatic carbocycles. The molecule has 0 aromatic heterocycles. The number of carboxylic acid groups (broad SMARTS) is 1. The van der Waals surface area contributed by atoms with Gasteiger partial charge in [-0.25, -0.2) is 4.79 Å². The molecule has 1 aromatic rings. The fraction of sp³-hybridized carbons (Fsp3) is 0.231. The molecule has 0 saturated carbocycles. The number of anilines is 1. The van der Waals surface area contributed by atoms with Crippen LogP contribution in [0.4, 0.5) is 5.69 Å². The molecule has 0 aliphatic rings. The van der Waals surface area contributed by atoms with Gasteiger partial charge in [0.15, 0.2) is 8.46 Å². The standard InChI is InChI=1S/C8H10AsNO5.C5H7O4P/c1-5(11)10-8-6(9(13,14)15)3-2-4-7(8)12;6-3-1-2-4(10-9)5(7)8/h2-4,12H,1H3,(H,10,11)(H2,13,14,15);2,6H,1,3H2,(H,7,8)/b;4-2-. The summed E-state index contributed by atoms with van der Waals surface area (Å²) < 4.78 is 38.8. The first-order valence-corrected chi connectivity index (χ1v) is 10.8. The van der Waals surface area contributed by atoms with Crippen molar-refractivity contribution in [2.24, 2.45) is 0 Å². The number of amides is 1. The van der Waals surface area contributed by atoms with Crippen LogP contribution in [0.2, 0.25) is 0 Å². The van der Waals surface area contributed by atoms with E-state index in [1.54, 1.807) is 0 Å². The minimum atomic E-state index is -5.14. The van der Waals surface area contributed by atoms with E-state index in [1.165, 1.54) is 31.2 Å². The van der Waals surface area contributed by atoms with Crippen molar-refractivity contribution in [3.63, 3.8) is 0 Å². The number of phenolic OH excluding ortho intramolecular Hbond substituents is 1. The number of hydrogen-bond donors (Lipinski definition) is 6. The molecule has 138 valence electrons. The van der Waals surface area contributed by atoms with Crippen LogP contribution >= 0.6 is 8.46 Å². The predicted octanol–water partition coefficient (Wildman–Crippen LogP) is -0.459. The summed E-state index contributed by atoms with van der Waals surface area (Å²) in [6, 6.07) is 3.71. The number of aromatic hydroxyl groups is 1. The number of nitrogens with one attached hydrogen (secondary N) is 1. The Hall–Kier alpha value is -1.96. The Bertz CT molecular complexity index is 713. The molecule has 0 fully saturated rings. The molecule has 12 heteroatoms. The van der Waals surface area contributed by atoms with Gasteiger partial charge >= 0.3 is 94.1 Å². The van der Waals surface area contributed by atoms with E-state index in [4.69, 9.17) is 18.4 Å². The summed E-state index contributed by atoms with van der Waals surface area (Å²) in [6.07, 6.45) is 1.44. The van der Waals surface area contributed by atoms with Gasteiger partial charge in [-0.15, -0.1) is 0 Å². The minimum absolute atomic E-state index is 0.133. The van der Waals surface area contributed by atoms with Crippen molar-refractivity contribution in [2.75, 3.05) is 11.9 Å². The van der Waals surface area contributed by atoms with Gasteiger partial charge in [0.2, 0.25) is 0 Å². The van der Waals surface area contributed by atoms with Crippen LogP contribution in [0.5, 0.6) is 5.75 Å². The number of carboxylic acids is 1. The molecule has 0 radical (unpaired) electrons. The Morgan fingerprint density at radius 2 is 1.92 bits per heavy atom. The van der Waals surface area contributed by atoms with Crippen molar-refractivity contribution < 1.29 is 41.4 Å². The van der Waals surface area contributed by atoms with E-state index in [9.17, 15) is 23.0 Å². The van der Waals surface area contributed by atoms with Crippen LogP contribution in [0.15, 0.2) is 29.6 Å².